The second kappa shape index (κ2) is 7.64. The fourth-order valence-corrected chi connectivity index (χ4v) is 3.97. The third-order valence-corrected chi connectivity index (χ3v) is 5.33. The molecule has 2 atom stereocenters. The van der Waals surface area contributed by atoms with E-state index in [0.29, 0.717) is 0 Å². The first-order chi connectivity index (χ1) is 9.20. The van der Waals surface area contributed by atoms with Gasteiger partial charge in [0.15, 0.2) is 0 Å². The Morgan fingerprint density at radius 2 is 1.95 bits per heavy atom. The molecule has 2 nitrogen and oxygen atoms in total. The standard InChI is InChI=1S/C17H34N2/c1-4-16-13-19(17(12-18-16)14(2)3)11-7-10-15-8-5-6-9-15/h14-18H,4-13H2,1-3H3. The van der Waals surface area contributed by atoms with Crippen LogP contribution in [-0.2, 0) is 0 Å². The first kappa shape index (κ1) is 15.3. The van der Waals surface area contributed by atoms with Crippen molar-refractivity contribution in [3.05, 3.63) is 0 Å². The number of piperazine rings is 1. The van der Waals surface area contributed by atoms with Gasteiger partial charge in [0, 0.05) is 25.2 Å². The SMILES string of the molecule is CCC1CN(CCCC2CCCC2)C(C(C)C)CN1. The van der Waals surface area contributed by atoms with Gasteiger partial charge in [-0.2, -0.15) is 0 Å². The lowest BCUT2D eigenvalue weighted by molar-refractivity contribution is 0.0940. The summed E-state index contributed by atoms with van der Waals surface area (Å²) in [5, 5.41) is 3.72. The number of nitrogens with one attached hydrogen (secondary N) is 1. The summed E-state index contributed by atoms with van der Waals surface area (Å²) in [6.45, 7) is 10.9. The summed E-state index contributed by atoms with van der Waals surface area (Å²) in [5.74, 6) is 1.83. The monoisotopic (exact) mass is 266 g/mol. The molecule has 112 valence electrons. The Kier molecular flexibility index (Phi) is 6.15. The van der Waals surface area contributed by atoms with Gasteiger partial charge in [-0.1, -0.05) is 46.5 Å². The van der Waals surface area contributed by atoms with Crippen LogP contribution in [0.4, 0.5) is 0 Å². The predicted octanol–water partition coefficient (Wildman–Crippen LogP) is 3.67. The summed E-state index contributed by atoms with van der Waals surface area (Å²) in [6, 6.07) is 1.48. The van der Waals surface area contributed by atoms with Crippen molar-refractivity contribution in [2.75, 3.05) is 19.6 Å². The highest BCUT2D eigenvalue weighted by atomic mass is 15.2. The Bertz CT molecular complexity index is 246. The summed E-state index contributed by atoms with van der Waals surface area (Å²) in [5.41, 5.74) is 0. The quantitative estimate of drug-likeness (QED) is 0.789. The molecule has 2 rings (SSSR count). The Morgan fingerprint density at radius 3 is 2.58 bits per heavy atom. The van der Waals surface area contributed by atoms with E-state index in [1.807, 2.05) is 0 Å². The van der Waals surface area contributed by atoms with E-state index in [9.17, 15) is 0 Å². The van der Waals surface area contributed by atoms with Gasteiger partial charge in [-0.3, -0.25) is 4.90 Å². The van der Waals surface area contributed by atoms with Gasteiger partial charge in [-0.15, -0.1) is 0 Å². The number of hydrogen-bond donors (Lipinski definition) is 1. The van der Waals surface area contributed by atoms with Crippen LogP contribution in [0.1, 0.15) is 65.7 Å². The molecule has 2 heteroatoms. The lowest BCUT2D eigenvalue weighted by Crippen LogP contribution is -2.58. The minimum absolute atomic E-state index is 0.724. The fraction of sp³-hybridized carbons (Fsp3) is 1.00. The highest BCUT2D eigenvalue weighted by Gasteiger charge is 2.28. The summed E-state index contributed by atoms with van der Waals surface area (Å²) in [6.07, 6.45) is 10.2. The van der Waals surface area contributed by atoms with E-state index in [1.165, 1.54) is 64.6 Å². The van der Waals surface area contributed by atoms with E-state index in [0.717, 1.165) is 23.9 Å². The zero-order chi connectivity index (χ0) is 13.7. The van der Waals surface area contributed by atoms with Crippen LogP contribution < -0.4 is 5.32 Å². The van der Waals surface area contributed by atoms with Crippen molar-refractivity contribution < 1.29 is 0 Å². The number of hydrogen-bond acceptors (Lipinski definition) is 2. The van der Waals surface area contributed by atoms with Crippen molar-refractivity contribution in [3.63, 3.8) is 0 Å². The summed E-state index contributed by atoms with van der Waals surface area (Å²) < 4.78 is 0. The minimum atomic E-state index is 0.724. The lowest BCUT2D eigenvalue weighted by atomic mass is 9.96. The smallest absolute Gasteiger partial charge is 0.0244 e. The van der Waals surface area contributed by atoms with Gasteiger partial charge in [-0.25, -0.2) is 0 Å². The molecule has 2 fully saturated rings. The van der Waals surface area contributed by atoms with E-state index in [4.69, 9.17) is 0 Å². The van der Waals surface area contributed by atoms with Crippen LogP contribution in [0.2, 0.25) is 0 Å². The van der Waals surface area contributed by atoms with E-state index >= 15 is 0 Å². The maximum atomic E-state index is 3.72. The molecule has 1 aliphatic carbocycles. The normalized spacial score (nSPS) is 30.3. The molecule has 0 aromatic heterocycles. The highest BCUT2D eigenvalue weighted by Crippen LogP contribution is 2.29. The molecule has 0 aromatic rings. The molecule has 0 bridgehead atoms. The maximum Gasteiger partial charge on any atom is 0.0244 e. The van der Waals surface area contributed by atoms with Gasteiger partial charge in [0.25, 0.3) is 0 Å². The van der Waals surface area contributed by atoms with Crippen molar-refractivity contribution >= 4 is 0 Å². The first-order valence-electron chi connectivity index (χ1n) is 8.68. The molecule has 0 spiro atoms. The average Bonchev–Trinajstić information content (AvgIpc) is 2.91. The summed E-state index contributed by atoms with van der Waals surface area (Å²) in [4.78, 5) is 2.78. The van der Waals surface area contributed by atoms with E-state index in [1.54, 1.807) is 0 Å². The van der Waals surface area contributed by atoms with Gasteiger partial charge >= 0.3 is 0 Å². The van der Waals surface area contributed by atoms with Crippen LogP contribution in [0, 0.1) is 11.8 Å². The van der Waals surface area contributed by atoms with Gasteiger partial charge in [0.2, 0.25) is 0 Å². The topological polar surface area (TPSA) is 15.3 Å². The van der Waals surface area contributed by atoms with Crippen LogP contribution in [0.5, 0.6) is 0 Å². The first-order valence-corrected chi connectivity index (χ1v) is 8.68. The molecule has 1 heterocycles. The largest absolute Gasteiger partial charge is 0.311 e. The number of nitrogens with zero attached hydrogens (tertiary/aromatic N) is 1. The Morgan fingerprint density at radius 1 is 1.21 bits per heavy atom. The second-order valence-electron chi connectivity index (χ2n) is 7.11. The molecule has 2 unspecified atom stereocenters. The minimum Gasteiger partial charge on any atom is -0.311 e. The molecular weight excluding hydrogens is 232 g/mol. The van der Waals surface area contributed by atoms with Gasteiger partial charge in [-0.05, 0) is 37.6 Å². The van der Waals surface area contributed by atoms with Crippen molar-refractivity contribution in [3.8, 4) is 0 Å². The molecule has 1 saturated carbocycles. The van der Waals surface area contributed by atoms with E-state index in [-0.39, 0.29) is 0 Å². The van der Waals surface area contributed by atoms with Crippen molar-refractivity contribution in [1.82, 2.24) is 10.2 Å². The molecule has 2 aliphatic rings. The maximum absolute atomic E-state index is 3.72. The highest BCUT2D eigenvalue weighted by molar-refractivity contribution is 4.87. The second-order valence-corrected chi connectivity index (χ2v) is 7.11. The summed E-state index contributed by atoms with van der Waals surface area (Å²) >= 11 is 0. The Hall–Kier alpha value is -0.0800. The predicted molar refractivity (Wildman–Crippen MR) is 83.5 cm³/mol. The third kappa shape index (κ3) is 4.46. The van der Waals surface area contributed by atoms with Crippen LogP contribution in [-0.4, -0.2) is 36.6 Å². The number of rotatable bonds is 6. The zero-order valence-electron chi connectivity index (χ0n) is 13.3. The average molecular weight is 266 g/mol. The molecule has 1 N–H and O–H groups in total. The summed E-state index contributed by atoms with van der Waals surface area (Å²) in [7, 11) is 0. The molecule has 1 saturated heterocycles. The van der Waals surface area contributed by atoms with E-state index in [2.05, 4.69) is 31.0 Å². The van der Waals surface area contributed by atoms with Gasteiger partial charge in [0.05, 0.1) is 0 Å². The van der Waals surface area contributed by atoms with Gasteiger partial charge < -0.3 is 5.32 Å². The molecular formula is C17H34N2. The lowest BCUT2D eigenvalue weighted by Gasteiger charge is -2.42. The fourth-order valence-electron chi connectivity index (χ4n) is 3.97. The molecule has 19 heavy (non-hydrogen) atoms. The van der Waals surface area contributed by atoms with Crippen molar-refractivity contribution in [2.24, 2.45) is 11.8 Å². The van der Waals surface area contributed by atoms with Crippen LogP contribution >= 0.6 is 0 Å². The zero-order valence-corrected chi connectivity index (χ0v) is 13.3. The molecule has 0 aromatic carbocycles. The Labute approximate surface area is 120 Å². The van der Waals surface area contributed by atoms with Crippen molar-refractivity contribution in [1.29, 1.82) is 0 Å². The van der Waals surface area contributed by atoms with Gasteiger partial charge in [0.1, 0.15) is 0 Å². The third-order valence-electron chi connectivity index (χ3n) is 5.33. The van der Waals surface area contributed by atoms with E-state index < -0.39 is 0 Å². The van der Waals surface area contributed by atoms with Crippen LogP contribution in [0.25, 0.3) is 0 Å². The Balaban J connectivity index is 1.76. The molecule has 1 aliphatic heterocycles. The molecule has 0 amide bonds. The van der Waals surface area contributed by atoms with Crippen LogP contribution in [0.3, 0.4) is 0 Å². The van der Waals surface area contributed by atoms with Crippen LogP contribution in [0.15, 0.2) is 0 Å². The molecule has 0 radical (unpaired) electrons. The van der Waals surface area contributed by atoms with Crippen molar-refractivity contribution in [2.45, 2.75) is 77.8 Å².